The number of carbonyl (C=O) groups is 1. The Labute approximate surface area is 145 Å². The third-order valence-electron chi connectivity index (χ3n) is 4.37. The molecule has 4 nitrogen and oxygen atoms in total. The minimum Gasteiger partial charge on any atom is -0.450 e. The monoisotopic (exact) mass is 331 g/mol. The lowest BCUT2D eigenvalue weighted by molar-refractivity contribution is -0.115. The van der Waals surface area contributed by atoms with E-state index in [1.165, 1.54) is 19.3 Å². The van der Waals surface area contributed by atoms with Gasteiger partial charge in [0.1, 0.15) is 0 Å². The van der Waals surface area contributed by atoms with Crippen LogP contribution in [0.5, 0.6) is 0 Å². The summed E-state index contributed by atoms with van der Waals surface area (Å²) in [6.07, 6.45) is 5.09. The molecule has 1 aromatic carbocycles. The molecule has 0 amide bonds. The normalized spacial score (nSPS) is 17.7. The Morgan fingerprint density at radius 2 is 2.04 bits per heavy atom. The second-order valence-electron chi connectivity index (χ2n) is 7.18. The lowest BCUT2D eigenvalue weighted by Gasteiger charge is -2.22. The van der Waals surface area contributed by atoms with Crippen LogP contribution >= 0.6 is 0 Å². The fourth-order valence-corrected chi connectivity index (χ4v) is 2.83. The molecule has 0 spiro atoms. The zero-order valence-electron chi connectivity index (χ0n) is 15.2. The van der Waals surface area contributed by atoms with E-state index in [-0.39, 0.29) is 6.08 Å². The quantitative estimate of drug-likeness (QED) is 0.621. The lowest BCUT2D eigenvalue weighted by atomic mass is 9.98. The molecule has 0 bridgehead atoms. The van der Waals surface area contributed by atoms with E-state index in [1.54, 1.807) is 0 Å². The summed E-state index contributed by atoms with van der Waals surface area (Å²) in [6.45, 7) is 9.32. The number of aliphatic imine (C=N–C) groups is 1. The molecule has 24 heavy (non-hydrogen) atoms. The number of aldehydes is 1. The van der Waals surface area contributed by atoms with Crippen LogP contribution in [0.1, 0.15) is 63.7 Å². The smallest absolute Gasteiger partial charge is 0.389 e. The molecule has 1 aromatic rings. The molecule has 2 rings (SSSR count). The van der Waals surface area contributed by atoms with Crippen molar-refractivity contribution in [1.29, 1.82) is 0 Å². The van der Waals surface area contributed by atoms with Crippen LogP contribution in [0, 0.1) is 18.8 Å². The van der Waals surface area contributed by atoms with E-state index in [4.69, 9.17) is 9.47 Å². The molecule has 0 saturated heterocycles. The van der Waals surface area contributed by atoms with Crippen LogP contribution in [0.15, 0.2) is 23.2 Å². The molecule has 1 aliphatic rings. The highest BCUT2D eigenvalue weighted by Gasteiger charge is 2.24. The van der Waals surface area contributed by atoms with Crippen LogP contribution in [0.3, 0.4) is 0 Å². The van der Waals surface area contributed by atoms with Gasteiger partial charge in [-0.05, 0) is 37.3 Å². The average Bonchev–Trinajstić information content (AvgIpc) is 2.54. The summed E-state index contributed by atoms with van der Waals surface area (Å²) in [5, 5.41) is 0. The van der Waals surface area contributed by atoms with Crippen LogP contribution < -0.4 is 0 Å². The van der Waals surface area contributed by atoms with E-state index < -0.39 is 6.10 Å². The highest BCUT2D eigenvalue weighted by molar-refractivity contribution is 5.80. The predicted molar refractivity (Wildman–Crippen MR) is 96.6 cm³/mol. The van der Waals surface area contributed by atoms with E-state index >= 15 is 0 Å². The second-order valence-corrected chi connectivity index (χ2v) is 7.18. The second kappa shape index (κ2) is 8.86. The summed E-state index contributed by atoms with van der Waals surface area (Å²) >= 11 is 0. The van der Waals surface area contributed by atoms with E-state index in [9.17, 15) is 4.79 Å². The predicted octanol–water partition coefficient (Wildman–Crippen LogP) is 5.12. The van der Waals surface area contributed by atoms with Crippen molar-refractivity contribution >= 4 is 18.1 Å². The molecule has 0 aliphatic carbocycles. The molecule has 0 aromatic heterocycles. The van der Waals surface area contributed by atoms with Gasteiger partial charge in [0.05, 0.1) is 12.3 Å². The maximum Gasteiger partial charge on any atom is 0.389 e. The van der Waals surface area contributed by atoms with Gasteiger partial charge in [0, 0.05) is 5.56 Å². The number of benzene rings is 1. The maximum absolute atomic E-state index is 11.3. The van der Waals surface area contributed by atoms with Gasteiger partial charge in [-0.15, -0.1) is 0 Å². The Morgan fingerprint density at radius 3 is 2.75 bits per heavy atom. The maximum atomic E-state index is 11.3. The van der Waals surface area contributed by atoms with Gasteiger partial charge in [-0.25, -0.2) is 0 Å². The summed E-state index contributed by atoms with van der Waals surface area (Å²) < 4.78 is 11.2. The van der Waals surface area contributed by atoms with E-state index in [1.807, 2.05) is 25.1 Å². The summed E-state index contributed by atoms with van der Waals surface area (Å²) in [4.78, 5) is 15.7. The standard InChI is InChI=1S/C20H29NO3/c1-14(2)6-5-7-15(3)10-11-23-20-21-18-9-8-16(4)12-17(18)19(13-22)24-20/h8-9,12-15,19H,5-7,10-11H2,1-4H3. The lowest BCUT2D eigenvalue weighted by Crippen LogP contribution is -2.20. The van der Waals surface area contributed by atoms with E-state index in [0.717, 1.165) is 35.4 Å². The topological polar surface area (TPSA) is 47.9 Å². The highest BCUT2D eigenvalue weighted by Crippen LogP contribution is 2.32. The van der Waals surface area contributed by atoms with Crippen molar-refractivity contribution in [3.05, 3.63) is 29.3 Å². The van der Waals surface area contributed by atoms with Gasteiger partial charge in [-0.2, -0.15) is 4.99 Å². The van der Waals surface area contributed by atoms with Crippen molar-refractivity contribution in [2.75, 3.05) is 6.61 Å². The summed E-state index contributed by atoms with van der Waals surface area (Å²) in [5.74, 6) is 1.38. The summed E-state index contributed by atoms with van der Waals surface area (Å²) in [7, 11) is 0. The van der Waals surface area contributed by atoms with E-state index in [2.05, 4.69) is 25.8 Å². The molecule has 0 saturated carbocycles. The Morgan fingerprint density at radius 1 is 1.25 bits per heavy atom. The number of rotatable bonds is 8. The van der Waals surface area contributed by atoms with Crippen molar-refractivity contribution in [2.45, 2.75) is 59.5 Å². The Hall–Kier alpha value is -1.84. The fraction of sp³-hybridized carbons (Fsp3) is 0.600. The number of aryl methyl sites for hydroxylation is 1. The first-order chi connectivity index (χ1) is 11.5. The first kappa shape index (κ1) is 18.5. The Balaban J connectivity index is 1.85. The molecular formula is C20H29NO3. The third-order valence-corrected chi connectivity index (χ3v) is 4.37. The van der Waals surface area contributed by atoms with Crippen LogP contribution in [0.2, 0.25) is 0 Å². The van der Waals surface area contributed by atoms with Crippen LogP contribution in [-0.2, 0) is 14.3 Å². The number of hydrogen-bond acceptors (Lipinski definition) is 4. The largest absolute Gasteiger partial charge is 0.450 e. The van der Waals surface area contributed by atoms with Crippen LogP contribution in [0.4, 0.5) is 5.69 Å². The van der Waals surface area contributed by atoms with Crippen molar-refractivity contribution < 1.29 is 14.3 Å². The van der Waals surface area contributed by atoms with Crippen molar-refractivity contribution in [1.82, 2.24) is 0 Å². The number of nitrogens with zero attached hydrogens (tertiary/aromatic N) is 1. The number of hydrogen-bond donors (Lipinski definition) is 0. The Bertz CT molecular complexity index is 580. The zero-order valence-corrected chi connectivity index (χ0v) is 15.2. The van der Waals surface area contributed by atoms with Gasteiger partial charge in [-0.1, -0.05) is 51.7 Å². The molecule has 4 heteroatoms. The minimum absolute atomic E-state index is 0.206. The van der Waals surface area contributed by atoms with Crippen molar-refractivity contribution in [3.8, 4) is 0 Å². The molecule has 2 atom stereocenters. The first-order valence-electron chi connectivity index (χ1n) is 8.93. The third kappa shape index (κ3) is 5.36. The molecule has 132 valence electrons. The fourth-order valence-electron chi connectivity index (χ4n) is 2.83. The summed E-state index contributed by atoms with van der Waals surface area (Å²) in [5.41, 5.74) is 2.64. The summed E-state index contributed by atoms with van der Waals surface area (Å²) in [6, 6.07) is 5.82. The van der Waals surface area contributed by atoms with Crippen molar-refractivity contribution in [3.63, 3.8) is 0 Å². The van der Waals surface area contributed by atoms with Crippen LogP contribution in [0.25, 0.3) is 0 Å². The highest BCUT2D eigenvalue weighted by atomic mass is 16.7. The molecule has 1 aliphatic heterocycles. The van der Waals surface area contributed by atoms with Crippen LogP contribution in [-0.4, -0.2) is 19.0 Å². The van der Waals surface area contributed by atoms with Gasteiger partial charge in [0.25, 0.3) is 0 Å². The molecule has 0 radical (unpaired) electrons. The molecule has 0 N–H and O–H groups in total. The SMILES string of the molecule is Cc1ccc2c(c1)C(C=O)OC(OCCC(C)CCCC(C)C)=N2. The molecule has 0 fully saturated rings. The molecule has 2 unspecified atom stereocenters. The zero-order chi connectivity index (χ0) is 17.5. The van der Waals surface area contributed by atoms with Gasteiger partial charge in [0.2, 0.25) is 0 Å². The van der Waals surface area contributed by atoms with Gasteiger partial charge < -0.3 is 9.47 Å². The average molecular weight is 331 g/mol. The minimum atomic E-state index is -0.629. The first-order valence-corrected chi connectivity index (χ1v) is 8.93. The van der Waals surface area contributed by atoms with E-state index in [0.29, 0.717) is 12.5 Å². The number of ether oxygens (including phenoxy) is 2. The van der Waals surface area contributed by atoms with Gasteiger partial charge in [0.15, 0.2) is 12.4 Å². The Kier molecular flexibility index (Phi) is 6.83. The molecule has 1 heterocycles. The number of fused-ring (bicyclic) bond motifs is 1. The van der Waals surface area contributed by atoms with Crippen molar-refractivity contribution in [2.24, 2.45) is 16.8 Å². The van der Waals surface area contributed by atoms with Gasteiger partial charge >= 0.3 is 6.08 Å². The van der Waals surface area contributed by atoms with Gasteiger partial charge in [-0.3, -0.25) is 4.79 Å². The number of carbonyl (C=O) groups excluding carboxylic acids is 1. The molecular weight excluding hydrogens is 302 g/mol.